The Labute approximate surface area is 192 Å². The van der Waals surface area contributed by atoms with Crippen molar-refractivity contribution in [2.75, 3.05) is 0 Å². The van der Waals surface area contributed by atoms with Crippen LogP contribution in [0.5, 0.6) is 0 Å². The largest absolute Gasteiger partial charge is 0.462 e. The van der Waals surface area contributed by atoms with Crippen molar-refractivity contribution in [3.63, 3.8) is 0 Å². The van der Waals surface area contributed by atoms with E-state index in [0.717, 1.165) is 5.57 Å². The molecule has 3 aliphatic heterocycles. The molecular formula is C24H30O9. The molecule has 9 heteroatoms. The van der Waals surface area contributed by atoms with Gasteiger partial charge in [-0.15, -0.1) is 0 Å². The minimum absolute atomic E-state index is 0.269. The van der Waals surface area contributed by atoms with Crippen LogP contribution in [0, 0.1) is 11.3 Å². The van der Waals surface area contributed by atoms with Crippen molar-refractivity contribution in [1.82, 2.24) is 0 Å². The Balaban J connectivity index is 1.72. The first-order valence-electron chi connectivity index (χ1n) is 11.3. The Morgan fingerprint density at radius 3 is 2.42 bits per heavy atom. The highest BCUT2D eigenvalue weighted by Gasteiger charge is 2.88. The lowest BCUT2D eigenvalue weighted by atomic mass is 9.54. The van der Waals surface area contributed by atoms with E-state index < -0.39 is 70.5 Å². The molecule has 4 fully saturated rings. The van der Waals surface area contributed by atoms with Crippen molar-refractivity contribution in [1.29, 1.82) is 0 Å². The average molecular weight is 462 g/mol. The lowest BCUT2D eigenvalue weighted by Gasteiger charge is -2.52. The fraction of sp³-hybridized carbons (Fsp3) is 0.708. The smallest absolute Gasteiger partial charge is 0.342 e. The molecule has 9 nitrogen and oxygen atoms in total. The van der Waals surface area contributed by atoms with Gasteiger partial charge >= 0.3 is 17.9 Å². The first-order valence-corrected chi connectivity index (χ1v) is 11.3. The molecule has 10 atom stereocenters. The predicted octanol–water partition coefficient (Wildman–Crippen LogP) is 1.36. The van der Waals surface area contributed by atoms with Gasteiger partial charge in [0.15, 0.2) is 17.3 Å². The highest BCUT2D eigenvalue weighted by molar-refractivity contribution is 5.89. The van der Waals surface area contributed by atoms with Gasteiger partial charge in [0, 0.05) is 26.2 Å². The van der Waals surface area contributed by atoms with E-state index in [0.29, 0.717) is 6.42 Å². The highest BCUT2D eigenvalue weighted by atomic mass is 16.7. The monoisotopic (exact) mass is 462 g/mol. The summed E-state index contributed by atoms with van der Waals surface area (Å²) in [5.74, 6) is -2.25. The predicted molar refractivity (Wildman–Crippen MR) is 112 cm³/mol. The Morgan fingerprint density at radius 2 is 1.82 bits per heavy atom. The van der Waals surface area contributed by atoms with Gasteiger partial charge in [-0.25, -0.2) is 4.79 Å². The number of carbonyl (C=O) groups excluding carboxylic acids is 3. The van der Waals surface area contributed by atoms with E-state index >= 15 is 0 Å². The average Bonchev–Trinajstić information content (AvgIpc) is 3.53. The van der Waals surface area contributed by atoms with E-state index in [-0.39, 0.29) is 6.10 Å². The summed E-state index contributed by atoms with van der Waals surface area (Å²) < 4.78 is 29.2. The van der Waals surface area contributed by atoms with Crippen LogP contribution < -0.4 is 0 Å². The van der Waals surface area contributed by atoms with Gasteiger partial charge in [-0.05, 0) is 32.9 Å². The van der Waals surface area contributed by atoms with Gasteiger partial charge in [0.25, 0.3) is 0 Å². The molecule has 10 unspecified atom stereocenters. The van der Waals surface area contributed by atoms with E-state index in [1.807, 2.05) is 20.8 Å². The summed E-state index contributed by atoms with van der Waals surface area (Å²) in [5.41, 5.74) is -3.80. The Morgan fingerprint density at radius 1 is 1.15 bits per heavy atom. The summed E-state index contributed by atoms with van der Waals surface area (Å²) in [6, 6.07) is 0. The van der Waals surface area contributed by atoms with Crippen LogP contribution in [0.15, 0.2) is 23.8 Å². The zero-order valence-corrected chi connectivity index (χ0v) is 19.6. The number of ether oxygens (including phenoxy) is 5. The summed E-state index contributed by atoms with van der Waals surface area (Å²) in [6.07, 6.45) is 1.76. The van der Waals surface area contributed by atoms with Gasteiger partial charge in [0.05, 0.1) is 23.2 Å². The molecule has 0 aromatic rings. The normalized spacial score (nSPS) is 51.6. The van der Waals surface area contributed by atoms with Crippen molar-refractivity contribution < 1.29 is 43.2 Å². The third-order valence-corrected chi connectivity index (χ3v) is 8.43. The van der Waals surface area contributed by atoms with Gasteiger partial charge in [-0.1, -0.05) is 18.6 Å². The summed E-state index contributed by atoms with van der Waals surface area (Å²) in [5, 5.41) is 12.0. The maximum Gasteiger partial charge on any atom is 0.342 e. The number of hydrogen-bond acceptors (Lipinski definition) is 9. The number of rotatable bonds is 2. The molecule has 3 heterocycles. The summed E-state index contributed by atoms with van der Waals surface area (Å²) in [4.78, 5) is 36.9. The van der Waals surface area contributed by atoms with Crippen LogP contribution in [0.2, 0.25) is 0 Å². The molecule has 180 valence electrons. The number of epoxide rings is 2. The molecule has 5 aliphatic rings. The van der Waals surface area contributed by atoms with Crippen LogP contribution in [0.3, 0.4) is 0 Å². The Bertz CT molecular complexity index is 1000. The van der Waals surface area contributed by atoms with Crippen LogP contribution >= 0.6 is 0 Å². The summed E-state index contributed by atoms with van der Waals surface area (Å²) in [7, 11) is 0. The van der Waals surface area contributed by atoms with Crippen LogP contribution in [0.1, 0.15) is 48.0 Å². The fourth-order valence-corrected chi connectivity index (χ4v) is 6.64. The van der Waals surface area contributed by atoms with E-state index in [2.05, 4.69) is 0 Å². The molecule has 0 amide bonds. The van der Waals surface area contributed by atoms with E-state index in [1.54, 1.807) is 25.2 Å². The number of aliphatic hydroxyl groups is 1. The third-order valence-electron chi connectivity index (χ3n) is 8.43. The van der Waals surface area contributed by atoms with Gasteiger partial charge in [0.2, 0.25) is 0 Å². The minimum Gasteiger partial charge on any atom is -0.462 e. The van der Waals surface area contributed by atoms with Gasteiger partial charge < -0.3 is 28.8 Å². The molecule has 2 aliphatic carbocycles. The molecule has 0 bridgehead atoms. The van der Waals surface area contributed by atoms with Crippen molar-refractivity contribution in [2.24, 2.45) is 11.3 Å². The molecule has 5 rings (SSSR count). The van der Waals surface area contributed by atoms with Gasteiger partial charge in [-0.3, -0.25) is 9.59 Å². The topological polar surface area (TPSA) is 124 Å². The number of allylic oxidation sites excluding steroid dienone is 2. The Hall–Kier alpha value is -2.23. The second kappa shape index (κ2) is 6.67. The third kappa shape index (κ3) is 2.79. The first-order chi connectivity index (χ1) is 15.3. The lowest BCUT2D eigenvalue weighted by molar-refractivity contribution is -0.197. The van der Waals surface area contributed by atoms with E-state index in [1.165, 1.54) is 13.8 Å². The molecular weight excluding hydrogens is 432 g/mol. The van der Waals surface area contributed by atoms with E-state index in [9.17, 15) is 19.5 Å². The second-order valence-corrected chi connectivity index (χ2v) is 10.5. The second-order valence-electron chi connectivity index (χ2n) is 10.5. The quantitative estimate of drug-likeness (QED) is 0.368. The molecule has 0 aromatic carbocycles. The molecule has 1 N–H and O–H groups in total. The zero-order valence-electron chi connectivity index (χ0n) is 19.6. The van der Waals surface area contributed by atoms with Crippen molar-refractivity contribution in [3.05, 3.63) is 23.8 Å². The molecule has 0 aromatic heterocycles. The molecule has 1 spiro atoms. The zero-order chi connectivity index (χ0) is 24.1. The maximum atomic E-state index is 12.7. The number of carbonyl (C=O) groups is 3. The Kier molecular flexibility index (Phi) is 4.56. The van der Waals surface area contributed by atoms with Crippen molar-refractivity contribution in [2.45, 2.75) is 95.3 Å². The van der Waals surface area contributed by atoms with Gasteiger partial charge in [0.1, 0.15) is 12.2 Å². The van der Waals surface area contributed by atoms with Crippen LogP contribution in [-0.4, -0.2) is 70.3 Å². The van der Waals surface area contributed by atoms with Crippen molar-refractivity contribution >= 4 is 17.9 Å². The molecule has 0 radical (unpaired) electrons. The number of fused-ring (bicyclic) bond motifs is 3. The summed E-state index contributed by atoms with van der Waals surface area (Å²) >= 11 is 0. The van der Waals surface area contributed by atoms with Gasteiger partial charge in [-0.2, -0.15) is 0 Å². The maximum absolute atomic E-state index is 12.7. The highest BCUT2D eigenvalue weighted by Crippen LogP contribution is 2.68. The fourth-order valence-electron chi connectivity index (χ4n) is 6.64. The van der Waals surface area contributed by atoms with Crippen molar-refractivity contribution in [3.8, 4) is 0 Å². The first kappa shape index (κ1) is 22.6. The van der Waals surface area contributed by atoms with Crippen LogP contribution in [-0.2, 0) is 38.1 Å². The molecule has 3 saturated heterocycles. The van der Waals surface area contributed by atoms with Crippen LogP contribution in [0.4, 0.5) is 0 Å². The molecule has 1 saturated carbocycles. The summed E-state index contributed by atoms with van der Waals surface area (Å²) in [6.45, 7) is 9.78. The number of esters is 3. The van der Waals surface area contributed by atoms with Crippen LogP contribution in [0.25, 0.3) is 0 Å². The van der Waals surface area contributed by atoms with E-state index in [4.69, 9.17) is 23.7 Å². The number of aliphatic hydroxyl groups excluding tert-OH is 1. The SMILES string of the molecule is CC(=O)OC1C=CC(C)=CC2OC(=O)C3(C)OC23C(O)C2C3(C)OC3CC(OC(C)=O)C12C. The lowest BCUT2D eigenvalue weighted by Crippen LogP contribution is -2.65. The minimum atomic E-state index is -1.33. The standard InChI is InChI=1S/C24H30O9/c1-11-7-8-14(29-12(2)25)21(4)15(30-13(3)26)10-16-22(5,32-16)18(21)19(27)24-17(9-11)31-20(28)23(24,6)33-24/h7-9,14-19,27H,10H2,1-6H3. The molecule has 33 heavy (non-hydrogen) atoms. The number of hydrogen-bond donors (Lipinski definition) is 1.